The minimum atomic E-state index is 0.0566. The first kappa shape index (κ1) is 20.3. The highest BCUT2D eigenvalue weighted by atomic mass is 32.1. The molecule has 2 aliphatic rings. The lowest BCUT2D eigenvalue weighted by Crippen LogP contribution is -2.53. The first-order chi connectivity index (χ1) is 16.0. The highest BCUT2D eigenvalue weighted by Gasteiger charge is 2.32. The lowest BCUT2D eigenvalue weighted by molar-refractivity contribution is -0.0585. The van der Waals surface area contributed by atoms with Crippen molar-refractivity contribution in [2.24, 2.45) is 0 Å². The lowest BCUT2D eigenvalue weighted by Gasteiger charge is -2.39. The average Bonchev–Trinajstić information content (AvgIpc) is 3.41. The summed E-state index contributed by atoms with van der Waals surface area (Å²) >= 11 is 1.63. The number of morpholine rings is 1. The van der Waals surface area contributed by atoms with Crippen LogP contribution in [-0.4, -0.2) is 72.8 Å². The number of hydrogen-bond donors (Lipinski definition) is 2. The fraction of sp³-hybridized carbons (Fsp3) is 0.409. The smallest absolute Gasteiger partial charge is 0.320 e. The number of thiophene rings is 1. The predicted molar refractivity (Wildman–Crippen MR) is 126 cm³/mol. The van der Waals surface area contributed by atoms with E-state index in [4.69, 9.17) is 4.74 Å². The third-order valence-corrected chi connectivity index (χ3v) is 7.29. The van der Waals surface area contributed by atoms with E-state index in [2.05, 4.69) is 30.5 Å². The Kier molecular flexibility index (Phi) is 4.88. The molecule has 4 aromatic heterocycles. The van der Waals surface area contributed by atoms with Crippen LogP contribution in [0.4, 0.5) is 16.4 Å². The van der Waals surface area contributed by atoms with Gasteiger partial charge in [0, 0.05) is 29.9 Å². The molecule has 0 bridgehead atoms. The van der Waals surface area contributed by atoms with Crippen molar-refractivity contribution in [1.29, 1.82) is 0 Å². The van der Waals surface area contributed by atoms with Gasteiger partial charge in [-0.05, 0) is 31.9 Å². The molecular formula is C22H24N8O2S. The quantitative estimate of drug-likeness (QED) is 0.468. The number of nitrogens with zero attached hydrogens (tertiary/aromatic N) is 6. The fourth-order valence-corrected chi connectivity index (χ4v) is 5.96. The largest absolute Gasteiger partial charge is 0.372 e. The molecule has 2 aliphatic heterocycles. The number of ether oxygens (including phenoxy) is 1. The van der Waals surface area contributed by atoms with Crippen LogP contribution in [0.1, 0.15) is 24.3 Å². The van der Waals surface area contributed by atoms with Crippen LogP contribution in [0.2, 0.25) is 0 Å². The zero-order valence-electron chi connectivity index (χ0n) is 18.4. The standard InChI is InChI=1S/C22H24N8O2S/c1-12-8-30(9-13(2)32-12)22(31)29-4-3-15-17(10-29)33-21-19(15)20(24-11-25-21)27-18-5-14-6-26-28-16(14)7-23-18/h5-7,11-13H,3-4,8-10H2,1-2H3,(H,26,28)(H,23,24,25,27)/t12-,13+. The Morgan fingerprint density at radius 2 is 2.03 bits per heavy atom. The number of carbonyl (C=O) groups excluding carboxylic acids is 1. The molecule has 1 fully saturated rings. The molecule has 11 heteroatoms. The van der Waals surface area contributed by atoms with E-state index in [0.717, 1.165) is 33.4 Å². The summed E-state index contributed by atoms with van der Waals surface area (Å²) in [6.45, 7) is 6.56. The summed E-state index contributed by atoms with van der Waals surface area (Å²) in [5.74, 6) is 1.44. The first-order valence-electron chi connectivity index (χ1n) is 11.1. The van der Waals surface area contributed by atoms with Gasteiger partial charge >= 0.3 is 6.03 Å². The van der Waals surface area contributed by atoms with Crippen LogP contribution in [0.3, 0.4) is 0 Å². The minimum absolute atomic E-state index is 0.0566. The summed E-state index contributed by atoms with van der Waals surface area (Å²) in [6, 6.07) is 2.03. The summed E-state index contributed by atoms with van der Waals surface area (Å²) in [5, 5.41) is 12.3. The number of fused-ring (bicyclic) bond motifs is 4. The van der Waals surface area contributed by atoms with Crippen molar-refractivity contribution >= 4 is 50.1 Å². The third-order valence-electron chi connectivity index (χ3n) is 6.17. The molecule has 0 unspecified atom stereocenters. The van der Waals surface area contributed by atoms with E-state index in [0.29, 0.717) is 32.0 Å². The van der Waals surface area contributed by atoms with E-state index in [9.17, 15) is 4.79 Å². The molecule has 0 aromatic carbocycles. The van der Waals surface area contributed by atoms with Gasteiger partial charge in [-0.2, -0.15) is 5.10 Å². The number of carbonyl (C=O) groups is 1. The highest BCUT2D eigenvalue weighted by molar-refractivity contribution is 7.19. The number of pyridine rings is 1. The first-order valence-corrected chi connectivity index (χ1v) is 11.9. The Labute approximate surface area is 194 Å². The van der Waals surface area contributed by atoms with E-state index in [1.807, 2.05) is 29.7 Å². The van der Waals surface area contributed by atoms with Crippen LogP contribution < -0.4 is 5.32 Å². The molecule has 0 saturated carbocycles. The van der Waals surface area contributed by atoms with E-state index >= 15 is 0 Å². The Morgan fingerprint density at radius 1 is 1.18 bits per heavy atom. The fourth-order valence-electron chi connectivity index (χ4n) is 4.75. The normalized spacial score (nSPS) is 20.9. The van der Waals surface area contributed by atoms with E-state index in [1.54, 1.807) is 30.1 Å². The molecule has 6 heterocycles. The van der Waals surface area contributed by atoms with Gasteiger partial charge in [-0.15, -0.1) is 11.3 Å². The Hall–Kier alpha value is -3.31. The number of urea groups is 1. The second-order valence-electron chi connectivity index (χ2n) is 8.67. The van der Waals surface area contributed by atoms with E-state index in [1.165, 1.54) is 10.4 Å². The summed E-state index contributed by atoms with van der Waals surface area (Å²) in [7, 11) is 0. The van der Waals surface area contributed by atoms with E-state index < -0.39 is 0 Å². The Bertz CT molecular complexity index is 1340. The van der Waals surface area contributed by atoms with Gasteiger partial charge in [-0.1, -0.05) is 0 Å². The number of hydrogen-bond acceptors (Lipinski definition) is 8. The number of amides is 2. The average molecular weight is 465 g/mol. The maximum Gasteiger partial charge on any atom is 0.320 e. The number of nitrogens with one attached hydrogen (secondary N) is 2. The SMILES string of the molecule is C[C@@H]1CN(C(=O)N2CCc3c(sc4ncnc(Nc5cc6cn[nH]c6cn5)c34)C2)C[C@H](C)O1. The van der Waals surface area contributed by atoms with Gasteiger partial charge in [-0.25, -0.2) is 19.7 Å². The van der Waals surface area contributed by atoms with Crippen LogP contribution in [0.5, 0.6) is 0 Å². The van der Waals surface area contributed by atoms with Crippen molar-refractivity contribution < 1.29 is 9.53 Å². The molecule has 170 valence electrons. The second-order valence-corrected chi connectivity index (χ2v) is 9.76. The Morgan fingerprint density at radius 3 is 2.88 bits per heavy atom. The molecule has 10 nitrogen and oxygen atoms in total. The zero-order valence-corrected chi connectivity index (χ0v) is 19.2. The van der Waals surface area contributed by atoms with Crippen molar-refractivity contribution in [3.8, 4) is 0 Å². The summed E-state index contributed by atoms with van der Waals surface area (Å²) in [4.78, 5) is 32.6. The van der Waals surface area contributed by atoms with Crippen molar-refractivity contribution in [1.82, 2.24) is 34.9 Å². The monoisotopic (exact) mass is 464 g/mol. The van der Waals surface area contributed by atoms with Crippen LogP contribution in [0.25, 0.3) is 21.1 Å². The van der Waals surface area contributed by atoms with Crippen molar-refractivity contribution in [2.45, 2.75) is 39.0 Å². The van der Waals surface area contributed by atoms with Gasteiger partial charge in [0.1, 0.15) is 22.8 Å². The van der Waals surface area contributed by atoms with Crippen molar-refractivity contribution in [3.63, 3.8) is 0 Å². The summed E-state index contributed by atoms with van der Waals surface area (Å²) in [6.07, 6.45) is 5.98. The maximum absolute atomic E-state index is 13.2. The second kappa shape index (κ2) is 7.92. The molecule has 1 saturated heterocycles. The summed E-state index contributed by atoms with van der Waals surface area (Å²) < 4.78 is 5.79. The van der Waals surface area contributed by atoms with Crippen LogP contribution >= 0.6 is 11.3 Å². The topological polar surface area (TPSA) is 112 Å². The minimum Gasteiger partial charge on any atom is -0.372 e. The highest BCUT2D eigenvalue weighted by Crippen LogP contribution is 2.38. The molecular weight excluding hydrogens is 440 g/mol. The van der Waals surface area contributed by atoms with Gasteiger partial charge in [0.2, 0.25) is 0 Å². The van der Waals surface area contributed by atoms with Gasteiger partial charge in [0.15, 0.2) is 0 Å². The Balaban J connectivity index is 1.27. The molecule has 2 amide bonds. The number of aromatic amines is 1. The number of anilines is 2. The summed E-state index contributed by atoms with van der Waals surface area (Å²) in [5.41, 5.74) is 2.10. The number of rotatable bonds is 2. The number of H-pyrrole nitrogens is 1. The van der Waals surface area contributed by atoms with Crippen molar-refractivity contribution in [2.75, 3.05) is 25.0 Å². The van der Waals surface area contributed by atoms with Gasteiger partial charge in [0.05, 0.1) is 42.0 Å². The maximum atomic E-state index is 13.2. The molecule has 4 aromatic rings. The molecule has 33 heavy (non-hydrogen) atoms. The molecule has 0 spiro atoms. The third kappa shape index (κ3) is 3.66. The van der Waals surface area contributed by atoms with Gasteiger partial charge in [0.25, 0.3) is 0 Å². The number of aromatic nitrogens is 5. The van der Waals surface area contributed by atoms with Crippen LogP contribution in [-0.2, 0) is 17.7 Å². The van der Waals surface area contributed by atoms with Gasteiger partial charge in [-0.3, -0.25) is 5.10 Å². The van der Waals surface area contributed by atoms with Crippen LogP contribution in [0.15, 0.2) is 24.8 Å². The van der Waals surface area contributed by atoms with E-state index in [-0.39, 0.29) is 18.2 Å². The molecule has 6 rings (SSSR count). The van der Waals surface area contributed by atoms with Crippen molar-refractivity contribution in [3.05, 3.63) is 35.2 Å². The molecule has 0 radical (unpaired) electrons. The molecule has 2 atom stereocenters. The van der Waals surface area contributed by atoms with Crippen LogP contribution in [0, 0.1) is 0 Å². The predicted octanol–water partition coefficient (Wildman–Crippen LogP) is 3.29. The molecule has 0 aliphatic carbocycles. The zero-order chi connectivity index (χ0) is 22.5. The molecule has 2 N–H and O–H groups in total. The lowest BCUT2D eigenvalue weighted by atomic mass is 10.0. The van der Waals surface area contributed by atoms with Gasteiger partial charge < -0.3 is 19.9 Å².